The van der Waals surface area contributed by atoms with E-state index in [1.165, 1.54) is 0 Å². The van der Waals surface area contributed by atoms with Crippen LogP contribution in [0.1, 0.15) is 12.0 Å². The second-order valence-electron chi connectivity index (χ2n) is 3.06. The van der Waals surface area contributed by atoms with Crippen LogP contribution in [0.25, 0.3) is 0 Å². The van der Waals surface area contributed by atoms with Gasteiger partial charge in [0, 0.05) is 6.42 Å². The van der Waals surface area contributed by atoms with Crippen LogP contribution in [0.5, 0.6) is 0 Å². The van der Waals surface area contributed by atoms with Gasteiger partial charge in [0.15, 0.2) is 0 Å². The van der Waals surface area contributed by atoms with Crippen molar-refractivity contribution in [2.24, 2.45) is 5.73 Å². The number of ether oxygens (including phenoxy) is 2. The molecular weight excluding hydrogens is 194 g/mol. The topological polar surface area (TPSA) is 61.6 Å². The molecule has 1 rings (SSSR count). The van der Waals surface area contributed by atoms with E-state index in [1.54, 1.807) is 0 Å². The van der Waals surface area contributed by atoms with Gasteiger partial charge in [0.1, 0.15) is 0 Å². The number of carbonyl (C=O) groups excluding carboxylic acids is 1. The zero-order valence-corrected chi connectivity index (χ0v) is 8.52. The lowest BCUT2D eigenvalue weighted by Gasteiger charge is -2.04. The van der Waals surface area contributed by atoms with Gasteiger partial charge >= 0.3 is 6.09 Å². The Morgan fingerprint density at radius 2 is 1.93 bits per heavy atom. The van der Waals surface area contributed by atoms with Crippen LogP contribution < -0.4 is 5.73 Å². The first kappa shape index (κ1) is 11.5. The fourth-order valence-electron chi connectivity index (χ4n) is 1.10. The third-order valence-corrected chi connectivity index (χ3v) is 1.79. The van der Waals surface area contributed by atoms with Gasteiger partial charge in [-0.3, -0.25) is 0 Å². The predicted octanol–water partition coefficient (Wildman–Crippen LogP) is 1.69. The Balaban J connectivity index is 2.00. The molecule has 1 aromatic rings. The van der Waals surface area contributed by atoms with Crippen LogP contribution in [-0.2, 0) is 16.1 Å². The van der Waals surface area contributed by atoms with Crippen LogP contribution in [-0.4, -0.2) is 19.3 Å². The minimum Gasteiger partial charge on any atom is -0.450 e. The van der Waals surface area contributed by atoms with E-state index in [0.717, 1.165) is 5.56 Å². The van der Waals surface area contributed by atoms with Crippen molar-refractivity contribution >= 4 is 6.09 Å². The lowest BCUT2D eigenvalue weighted by Crippen LogP contribution is -2.14. The summed E-state index contributed by atoms with van der Waals surface area (Å²) in [7, 11) is 0. The van der Waals surface area contributed by atoms with Crippen molar-refractivity contribution in [3.05, 3.63) is 35.9 Å². The monoisotopic (exact) mass is 209 g/mol. The van der Waals surface area contributed by atoms with Gasteiger partial charge in [0.25, 0.3) is 0 Å². The first-order valence-electron chi connectivity index (χ1n) is 4.83. The van der Waals surface area contributed by atoms with E-state index >= 15 is 0 Å². The van der Waals surface area contributed by atoms with Gasteiger partial charge in [0.05, 0.1) is 19.8 Å². The van der Waals surface area contributed by atoms with Gasteiger partial charge in [-0.05, 0) is 5.56 Å². The van der Waals surface area contributed by atoms with Crippen LogP contribution >= 0.6 is 0 Å². The molecule has 0 aromatic heterocycles. The summed E-state index contributed by atoms with van der Waals surface area (Å²) in [4.78, 5) is 10.2. The summed E-state index contributed by atoms with van der Waals surface area (Å²) in [5.74, 6) is 0. The molecule has 1 amide bonds. The Hall–Kier alpha value is -1.55. The molecule has 0 aliphatic carbocycles. The fraction of sp³-hybridized carbons (Fsp3) is 0.364. The molecule has 0 aliphatic rings. The van der Waals surface area contributed by atoms with Crippen LogP contribution in [0.3, 0.4) is 0 Å². The predicted molar refractivity (Wildman–Crippen MR) is 56.3 cm³/mol. The number of amides is 1. The molecule has 4 nitrogen and oxygen atoms in total. The maximum absolute atomic E-state index is 10.2. The third kappa shape index (κ3) is 5.70. The lowest BCUT2D eigenvalue weighted by molar-refractivity contribution is 0.0949. The highest BCUT2D eigenvalue weighted by atomic mass is 16.5. The van der Waals surface area contributed by atoms with Crippen LogP contribution in [0.2, 0.25) is 0 Å². The van der Waals surface area contributed by atoms with Gasteiger partial charge < -0.3 is 15.2 Å². The van der Waals surface area contributed by atoms with Gasteiger partial charge in [-0.1, -0.05) is 30.3 Å². The van der Waals surface area contributed by atoms with Gasteiger partial charge in [-0.25, -0.2) is 4.79 Å². The van der Waals surface area contributed by atoms with Crippen LogP contribution in [0.4, 0.5) is 4.79 Å². The van der Waals surface area contributed by atoms with Crippen molar-refractivity contribution in [1.82, 2.24) is 0 Å². The average molecular weight is 209 g/mol. The third-order valence-electron chi connectivity index (χ3n) is 1.79. The fourth-order valence-corrected chi connectivity index (χ4v) is 1.10. The number of nitrogens with two attached hydrogens (primary N) is 1. The molecule has 0 aliphatic heterocycles. The van der Waals surface area contributed by atoms with E-state index in [0.29, 0.717) is 26.2 Å². The normalized spacial score (nSPS) is 9.87. The number of rotatable bonds is 6. The molecule has 0 atom stereocenters. The van der Waals surface area contributed by atoms with Crippen molar-refractivity contribution in [2.45, 2.75) is 13.0 Å². The zero-order chi connectivity index (χ0) is 10.9. The molecular formula is C11H15NO3. The van der Waals surface area contributed by atoms with Crippen molar-refractivity contribution in [1.29, 1.82) is 0 Å². The van der Waals surface area contributed by atoms with Gasteiger partial charge in [-0.2, -0.15) is 0 Å². The Labute approximate surface area is 89.0 Å². The first-order valence-corrected chi connectivity index (χ1v) is 4.83. The van der Waals surface area contributed by atoms with Gasteiger partial charge in [0.2, 0.25) is 0 Å². The molecule has 0 fully saturated rings. The van der Waals surface area contributed by atoms with Crippen molar-refractivity contribution in [3.8, 4) is 0 Å². The van der Waals surface area contributed by atoms with E-state index in [1.807, 2.05) is 30.3 Å². The number of hydrogen-bond acceptors (Lipinski definition) is 3. The Morgan fingerprint density at radius 1 is 1.20 bits per heavy atom. The highest BCUT2D eigenvalue weighted by molar-refractivity contribution is 5.64. The highest BCUT2D eigenvalue weighted by Crippen LogP contribution is 2.00. The van der Waals surface area contributed by atoms with E-state index in [9.17, 15) is 4.79 Å². The lowest BCUT2D eigenvalue weighted by atomic mass is 10.2. The Morgan fingerprint density at radius 3 is 2.60 bits per heavy atom. The quantitative estimate of drug-likeness (QED) is 0.725. The molecule has 4 heteroatoms. The minimum atomic E-state index is -0.738. The molecule has 0 spiro atoms. The van der Waals surface area contributed by atoms with E-state index in [4.69, 9.17) is 10.5 Å². The molecule has 0 heterocycles. The molecule has 82 valence electrons. The zero-order valence-electron chi connectivity index (χ0n) is 8.52. The molecule has 15 heavy (non-hydrogen) atoms. The van der Waals surface area contributed by atoms with Crippen LogP contribution in [0, 0.1) is 0 Å². The number of benzene rings is 1. The average Bonchev–Trinajstić information content (AvgIpc) is 2.24. The standard InChI is InChI=1S/C11H15NO3/c12-11(13)15-8-4-7-14-9-10-5-2-1-3-6-10/h1-3,5-6H,4,7-9H2,(H2,12,13). The second-order valence-corrected chi connectivity index (χ2v) is 3.06. The van der Waals surface area contributed by atoms with Crippen molar-refractivity contribution in [2.75, 3.05) is 13.2 Å². The second kappa shape index (κ2) is 6.84. The smallest absolute Gasteiger partial charge is 0.404 e. The molecule has 0 saturated carbocycles. The minimum absolute atomic E-state index is 0.310. The molecule has 0 bridgehead atoms. The molecule has 0 unspecified atom stereocenters. The van der Waals surface area contributed by atoms with Crippen molar-refractivity contribution < 1.29 is 14.3 Å². The summed E-state index contributed by atoms with van der Waals surface area (Å²) in [6.45, 7) is 1.45. The molecule has 0 saturated heterocycles. The SMILES string of the molecule is NC(=O)OCCCOCc1ccccc1. The Kier molecular flexibility index (Phi) is 5.25. The largest absolute Gasteiger partial charge is 0.450 e. The first-order chi connectivity index (χ1) is 7.29. The van der Waals surface area contributed by atoms with Gasteiger partial charge in [-0.15, -0.1) is 0 Å². The van der Waals surface area contributed by atoms with Crippen molar-refractivity contribution in [3.63, 3.8) is 0 Å². The molecule has 0 radical (unpaired) electrons. The highest BCUT2D eigenvalue weighted by Gasteiger charge is 1.94. The summed E-state index contributed by atoms with van der Waals surface area (Å²) in [5.41, 5.74) is 5.93. The summed E-state index contributed by atoms with van der Waals surface area (Å²) in [6, 6.07) is 9.90. The number of primary amides is 1. The molecule has 1 aromatic carbocycles. The maximum Gasteiger partial charge on any atom is 0.404 e. The maximum atomic E-state index is 10.2. The number of carbonyl (C=O) groups is 1. The van der Waals surface area contributed by atoms with E-state index < -0.39 is 6.09 Å². The van der Waals surface area contributed by atoms with Crippen LogP contribution in [0.15, 0.2) is 30.3 Å². The Bertz CT molecular complexity index is 287. The summed E-state index contributed by atoms with van der Waals surface area (Å²) in [6.07, 6.45) is -0.0754. The summed E-state index contributed by atoms with van der Waals surface area (Å²) >= 11 is 0. The number of hydrogen-bond donors (Lipinski definition) is 1. The van der Waals surface area contributed by atoms with E-state index in [2.05, 4.69) is 4.74 Å². The molecule has 2 N–H and O–H groups in total. The summed E-state index contributed by atoms with van der Waals surface area (Å²) < 4.78 is 9.92. The van der Waals surface area contributed by atoms with E-state index in [-0.39, 0.29) is 0 Å². The summed E-state index contributed by atoms with van der Waals surface area (Å²) in [5, 5.41) is 0.